The molecule has 4 rings (SSSR count). The van der Waals surface area contributed by atoms with Gasteiger partial charge in [-0.25, -0.2) is 13.8 Å². The fraction of sp³-hybridized carbons (Fsp3) is 0.130. The van der Waals surface area contributed by atoms with E-state index < -0.39 is 11.6 Å². The summed E-state index contributed by atoms with van der Waals surface area (Å²) in [6, 6.07) is 8.74. The number of aromatic amines is 1. The fourth-order valence-electron chi connectivity index (χ4n) is 3.66. The Bertz CT molecular complexity index is 1390. The molecular formula is C23H18F2N4O3. The number of anilines is 1. The molecule has 0 aliphatic heterocycles. The van der Waals surface area contributed by atoms with Crippen molar-refractivity contribution >= 4 is 16.7 Å². The molecule has 0 bridgehead atoms. The first kappa shape index (κ1) is 20.9. The third kappa shape index (κ3) is 3.22. The number of benzene rings is 2. The highest BCUT2D eigenvalue weighted by molar-refractivity contribution is 6.01. The summed E-state index contributed by atoms with van der Waals surface area (Å²) in [5, 5.41) is 10.3. The van der Waals surface area contributed by atoms with Crippen molar-refractivity contribution in [3.05, 3.63) is 53.7 Å². The number of fused-ring (bicyclic) bond motifs is 1. The van der Waals surface area contributed by atoms with Crippen molar-refractivity contribution in [2.45, 2.75) is 0 Å². The Morgan fingerprint density at radius 3 is 2.34 bits per heavy atom. The van der Waals surface area contributed by atoms with Gasteiger partial charge < -0.3 is 24.9 Å². The molecule has 0 aliphatic carbocycles. The molecule has 0 atom stereocenters. The van der Waals surface area contributed by atoms with E-state index in [4.69, 9.17) is 19.9 Å². The van der Waals surface area contributed by atoms with Crippen molar-refractivity contribution in [1.29, 1.82) is 5.26 Å². The van der Waals surface area contributed by atoms with Crippen LogP contribution in [0.5, 0.6) is 17.2 Å². The fourth-order valence-corrected chi connectivity index (χ4v) is 3.66. The summed E-state index contributed by atoms with van der Waals surface area (Å²) < 4.78 is 43.7. The largest absolute Gasteiger partial charge is 0.493 e. The summed E-state index contributed by atoms with van der Waals surface area (Å²) in [7, 11) is 4.53. The second kappa shape index (κ2) is 8.07. The third-order valence-corrected chi connectivity index (χ3v) is 5.15. The van der Waals surface area contributed by atoms with Gasteiger partial charge in [0, 0.05) is 22.7 Å². The Kier molecular flexibility index (Phi) is 5.28. The Hall–Kier alpha value is -4.32. The second-order valence-electron chi connectivity index (χ2n) is 6.83. The van der Waals surface area contributed by atoms with Crippen LogP contribution in [0.25, 0.3) is 33.3 Å². The topological polar surface area (TPSA) is 106 Å². The first-order chi connectivity index (χ1) is 15.4. The van der Waals surface area contributed by atoms with Crippen LogP contribution >= 0.6 is 0 Å². The number of halogens is 2. The van der Waals surface area contributed by atoms with E-state index in [9.17, 15) is 14.0 Å². The number of nitrogens with one attached hydrogen (secondary N) is 1. The molecular weight excluding hydrogens is 418 g/mol. The Labute approximate surface area is 182 Å². The SMILES string of the molecule is COc1cc2c(-c3cc(-c4ccc(F)c(F)c4)c(C#N)c(N)n3)c[nH]c2c(OC)c1OC. The summed E-state index contributed by atoms with van der Waals surface area (Å²) in [5.41, 5.74) is 8.45. The average molecular weight is 436 g/mol. The van der Waals surface area contributed by atoms with E-state index in [-0.39, 0.29) is 11.4 Å². The minimum absolute atomic E-state index is 0.0356. The van der Waals surface area contributed by atoms with Gasteiger partial charge in [0.2, 0.25) is 5.75 Å². The molecule has 3 N–H and O–H groups in total. The highest BCUT2D eigenvalue weighted by atomic mass is 19.2. The van der Waals surface area contributed by atoms with Crippen LogP contribution in [0, 0.1) is 23.0 Å². The number of nitrogens with zero attached hydrogens (tertiary/aromatic N) is 2. The molecule has 0 saturated carbocycles. The van der Waals surface area contributed by atoms with Crippen LogP contribution in [0.4, 0.5) is 14.6 Å². The monoisotopic (exact) mass is 436 g/mol. The van der Waals surface area contributed by atoms with Gasteiger partial charge in [0.25, 0.3) is 0 Å². The maximum Gasteiger partial charge on any atom is 0.205 e. The van der Waals surface area contributed by atoms with Gasteiger partial charge in [-0.15, -0.1) is 0 Å². The Morgan fingerprint density at radius 2 is 1.72 bits per heavy atom. The highest BCUT2D eigenvalue weighted by Gasteiger charge is 2.22. The lowest BCUT2D eigenvalue weighted by Gasteiger charge is -2.14. The summed E-state index contributed by atoms with van der Waals surface area (Å²) in [6.45, 7) is 0. The van der Waals surface area contributed by atoms with Crippen molar-refractivity contribution in [2.75, 3.05) is 27.1 Å². The van der Waals surface area contributed by atoms with Gasteiger partial charge in [0.1, 0.15) is 17.5 Å². The van der Waals surface area contributed by atoms with E-state index in [2.05, 4.69) is 9.97 Å². The zero-order valence-corrected chi connectivity index (χ0v) is 17.4. The molecule has 0 fully saturated rings. The molecule has 0 spiro atoms. The summed E-state index contributed by atoms with van der Waals surface area (Å²) in [6.07, 6.45) is 1.70. The summed E-state index contributed by atoms with van der Waals surface area (Å²) >= 11 is 0. The lowest BCUT2D eigenvalue weighted by Crippen LogP contribution is -2.00. The predicted molar refractivity (Wildman–Crippen MR) is 116 cm³/mol. The summed E-state index contributed by atoms with van der Waals surface area (Å²) in [4.78, 5) is 7.51. The maximum absolute atomic E-state index is 13.9. The van der Waals surface area contributed by atoms with Crippen LogP contribution in [0.15, 0.2) is 36.5 Å². The number of hydrogen-bond donors (Lipinski definition) is 2. The molecule has 2 heterocycles. The van der Waals surface area contributed by atoms with Gasteiger partial charge in [-0.1, -0.05) is 6.07 Å². The van der Waals surface area contributed by atoms with Crippen LogP contribution < -0.4 is 19.9 Å². The van der Waals surface area contributed by atoms with Gasteiger partial charge in [-0.05, 0) is 29.8 Å². The van der Waals surface area contributed by atoms with E-state index >= 15 is 0 Å². The Balaban J connectivity index is 1.99. The molecule has 162 valence electrons. The number of nitriles is 1. The molecule has 32 heavy (non-hydrogen) atoms. The number of ether oxygens (including phenoxy) is 3. The molecule has 2 aromatic carbocycles. The highest BCUT2D eigenvalue weighted by Crippen LogP contribution is 2.46. The minimum atomic E-state index is -1.03. The van der Waals surface area contributed by atoms with E-state index in [1.807, 2.05) is 6.07 Å². The minimum Gasteiger partial charge on any atom is -0.493 e. The molecule has 4 aromatic rings. The Morgan fingerprint density at radius 1 is 0.969 bits per heavy atom. The molecule has 0 amide bonds. The lowest BCUT2D eigenvalue weighted by atomic mass is 9.98. The van der Waals surface area contributed by atoms with Crippen LogP contribution in [0.3, 0.4) is 0 Å². The number of rotatable bonds is 5. The number of methoxy groups -OCH3 is 3. The van der Waals surface area contributed by atoms with Gasteiger partial charge in [0.05, 0.1) is 32.5 Å². The van der Waals surface area contributed by atoms with Crippen LogP contribution in [-0.2, 0) is 0 Å². The average Bonchev–Trinajstić information content (AvgIpc) is 3.22. The number of hydrogen-bond acceptors (Lipinski definition) is 6. The molecule has 0 aliphatic rings. The quantitative estimate of drug-likeness (QED) is 0.472. The van der Waals surface area contributed by atoms with Gasteiger partial charge in [-0.2, -0.15) is 5.26 Å². The number of nitrogens with two attached hydrogens (primary N) is 1. The number of H-pyrrole nitrogens is 1. The van der Waals surface area contributed by atoms with Gasteiger partial charge >= 0.3 is 0 Å². The summed E-state index contributed by atoms with van der Waals surface area (Å²) in [5.74, 6) is -0.746. The third-order valence-electron chi connectivity index (χ3n) is 5.15. The zero-order valence-electron chi connectivity index (χ0n) is 17.4. The maximum atomic E-state index is 13.9. The van der Waals surface area contributed by atoms with E-state index in [0.29, 0.717) is 50.5 Å². The normalized spacial score (nSPS) is 10.8. The molecule has 7 nitrogen and oxygen atoms in total. The standard InChI is InChI=1S/C23H18F2N4O3/c1-30-19-8-13-15(10-28-20(13)22(32-3)21(19)31-2)18-7-12(14(9-26)23(27)29-18)11-4-5-16(24)17(25)6-11/h4-8,10,28H,1-3H3,(H2,27,29). The molecule has 0 unspecified atom stereocenters. The predicted octanol–water partition coefficient (Wildman–Crippen LogP) is 4.65. The van der Waals surface area contributed by atoms with Crippen molar-refractivity contribution in [1.82, 2.24) is 9.97 Å². The van der Waals surface area contributed by atoms with Crippen LogP contribution in [0.2, 0.25) is 0 Å². The number of pyridine rings is 1. The molecule has 9 heteroatoms. The smallest absolute Gasteiger partial charge is 0.205 e. The van der Waals surface area contributed by atoms with Crippen LogP contribution in [0.1, 0.15) is 5.56 Å². The van der Waals surface area contributed by atoms with E-state index in [0.717, 1.165) is 12.1 Å². The van der Waals surface area contributed by atoms with E-state index in [1.54, 1.807) is 18.3 Å². The zero-order chi connectivity index (χ0) is 23.0. The van der Waals surface area contributed by atoms with Crippen molar-refractivity contribution in [3.8, 4) is 45.7 Å². The van der Waals surface area contributed by atoms with Gasteiger partial charge in [-0.3, -0.25) is 0 Å². The number of aromatic nitrogens is 2. The molecule has 0 radical (unpaired) electrons. The molecule has 0 saturated heterocycles. The van der Waals surface area contributed by atoms with Gasteiger partial charge in [0.15, 0.2) is 23.1 Å². The van der Waals surface area contributed by atoms with E-state index in [1.165, 1.54) is 27.4 Å². The van der Waals surface area contributed by atoms with Crippen molar-refractivity contribution < 1.29 is 23.0 Å². The number of nitrogen functional groups attached to an aromatic ring is 1. The van der Waals surface area contributed by atoms with Crippen molar-refractivity contribution in [3.63, 3.8) is 0 Å². The second-order valence-corrected chi connectivity index (χ2v) is 6.83. The van der Waals surface area contributed by atoms with Crippen LogP contribution in [-0.4, -0.2) is 31.3 Å². The first-order valence-corrected chi connectivity index (χ1v) is 9.39. The lowest BCUT2D eigenvalue weighted by molar-refractivity contribution is 0.327. The molecule has 2 aromatic heterocycles. The first-order valence-electron chi connectivity index (χ1n) is 9.39. The van der Waals surface area contributed by atoms with Crippen molar-refractivity contribution in [2.24, 2.45) is 0 Å².